The Hall–Kier alpha value is -1.71. The average Bonchev–Trinajstić information content (AvgIpc) is 2.67. The van der Waals surface area contributed by atoms with Gasteiger partial charge >= 0.3 is 0 Å². The first-order chi connectivity index (χ1) is 12.7. The third-order valence-corrected chi connectivity index (χ3v) is 5.66. The lowest BCUT2D eigenvalue weighted by atomic mass is 9.95. The maximum Gasteiger partial charge on any atom is 0.0601 e. The molecule has 2 atom stereocenters. The molecule has 1 aromatic carbocycles. The van der Waals surface area contributed by atoms with E-state index < -0.39 is 0 Å². The van der Waals surface area contributed by atoms with Crippen LogP contribution in [0.1, 0.15) is 61.5 Å². The van der Waals surface area contributed by atoms with Gasteiger partial charge in [-0.15, -0.1) is 0 Å². The van der Waals surface area contributed by atoms with Crippen LogP contribution >= 0.6 is 0 Å². The molecule has 3 heteroatoms. The largest absolute Gasteiger partial charge is 0.308 e. The quantitative estimate of drug-likeness (QED) is 0.701. The molecule has 0 saturated heterocycles. The number of unbranched alkanes of at least 4 members (excludes halogenated alkanes) is 2. The summed E-state index contributed by atoms with van der Waals surface area (Å²) in [4.78, 5) is 7.33. The lowest BCUT2D eigenvalue weighted by Crippen LogP contribution is -2.45. The molecular weight excluding hydrogens is 318 g/mol. The van der Waals surface area contributed by atoms with Crippen LogP contribution in [0.3, 0.4) is 0 Å². The lowest BCUT2D eigenvalue weighted by Gasteiger charge is -2.35. The zero-order chi connectivity index (χ0) is 18.4. The molecule has 1 aliphatic rings. The highest BCUT2D eigenvalue weighted by Crippen LogP contribution is 2.24. The average molecular weight is 352 g/mol. The third-order valence-electron chi connectivity index (χ3n) is 5.66. The fourth-order valence-corrected chi connectivity index (χ4v) is 4.05. The SMILES string of the molecule is CCCCCN(C[C@H]1Cc2ccccc2CN1)[C@@H](C)c1ncccc1C. The Morgan fingerprint density at radius 3 is 2.73 bits per heavy atom. The smallest absolute Gasteiger partial charge is 0.0601 e. The standard InChI is InChI=1S/C23H33N3/c1-4-5-8-14-26(19(3)23-18(2)10-9-13-24-23)17-22-15-20-11-6-7-12-21(20)16-25-22/h6-7,9-13,19,22,25H,4-5,8,14-17H2,1-3H3/t19-,22+/m0/s1. The monoisotopic (exact) mass is 351 g/mol. The highest BCUT2D eigenvalue weighted by atomic mass is 15.2. The molecule has 0 radical (unpaired) electrons. The van der Waals surface area contributed by atoms with E-state index in [-0.39, 0.29) is 0 Å². The molecule has 0 saturated carbocycles. The van der Waals surface area contributed by atoms with Crippen LogP contribution in [0, 0.1) is 6.92 Å². The summed E-state index contributed by atoms with van der Waals surface area (Å²) in [5, 5.41) is 3.76. The number of hydrogen-bond donors (Lipinski definition) is 1. The van der Waals surface area contributed by atoms with Gasteiger partial charge in [0.15, 0.2) is 0 Å². The Kier molecular flexibility index (Phi) is 6.81. The van der Waals surface area contributed by atoms with Gasteiger partial charge in [-0.2, -0.15) is 0 Å². The fraction of sp³-hybridized carbons (Fsp3) is 0.522. The van der Waals surface area contributed by atoms with E-state index in [0.29, 0.717) is 12.1 Å². The van der Waals surface area contributed by atoms with E-state index in [4.69, 9.17) is 4.98 Å². The fourth-order valence-electron chi connectivity index (χ4n) is 4.05. The maximum absolute atomic E-state index is 4.69. The van der Waals surface area contributed by atoms with Crippen LogP contribution < -0.4 is 5.32 Å². The molecule has 0 unspecified atom stereocenters. The molecule has 140 valence electrons. The van der Waals surface area contributed by atoms with Crippen molar-refractivity contribution in [1.29, 1.82) is 0 Å². The highest BCUT2D eigenvalue weighted by molar-refractivity contribution is 5.30. The summed E-state index contributed by atoms with van der Waals surface area (Å²) in [5.74, 6) is 0. The van der Waals surface area contributed by atoms with Crippen LogP contribution in [0.25, 0.3) is 0 Å². The van der Waals surface area contributed by atoms with Crippen LogP contribution in [0.5, 0.6) is 0 Å². The first-order valence-corrected chi connectivity index (χ1v) is 10.1. The molecular formula is C23H33N3. The van der Waals surface area contributed by atoms with E-state index in [9.17, 15) is 0 Å². The second-order valence-electron chi connectivity index (χ2n) is 7.63. The molecule has 1 aliphatic heterocycles. The van der Waals surface area contributed by atoms with E-state index in [1.165, 1.54) is 41.6 Å². The van der Waals surface area contributed by atoms with Gasteiger partial charge in [-0.05, 0) is 56.0 Å². The first-order valence-electron chi connectivity index (χ1n) is 10.1. The van der Waals surface area contributed by atoms with Gasteiger partial charge in [0.25, 0.3) is 0 Å². The summed E-state index contributed by atoms with van der Waals surface area (Å²) in [6.45, 7) is 9.98. The molecule has 3 nitrogen and oxygen atoms in total. The number of aryl methyl sites for hydroxylation is 1. The Labute approximate surface area is 158 Å². The van der Waals surface area contributed by atoms with Gasteiger partial charge in [-0.25, -0.2) is 0 Å². The van der Waals surface area contributed by atoms with Crippen molar-refractivity contribution in [2.45, 2.75) is 65.1 Å². The van der Waals surface area contributed by atoms with Gasteiger partial charge < -0.3 is 5.32 Å². The number of rotatable bonds is 8. The van der Waals surface area contributed by atoms with E-state index in [2.05, 4.69) is 61.3 Å². The van der Waals surface area contributed by atoms with Gasteiger partial charge in [0.2, 0.25) is 0 Å². The van der Waals surface area contributed by atoms with E-state index in [1.54, 1.807) is 0 Å². The Morgan fingerprint density at radius 1 is 1.15 bits per heavy atom. The van der Waals surface area contributed by atoms with Crippen LogP contribution in [0.15, 0.2) is 42.6 Å². The number of aromatic nitrogens is 1. The molecule has 3 rings (SSSR count). The Balaban J connectivity index is 1.71. The maximum atomic E-state index is 4.69. The van der Waals surface area contributed by atoms with Crippen LogP contribution in [0.4, 0.5) is 0 Å². The summed E-state index contributed by atoms with van der Waals surface area (Å²) in [6, 6.07) is 13.9. The molecule has 0 fully saturated rings. The molecule has 0 bridgehead atoms. The molecule has 26 heavy (non-hydrogen) atoms. The van der Waals surface area contributed by atoms with E-state index in [0.717, 1.165) is 26.1 Å². The molecule has 0 amide bonds. The normalized spacial score (nSPS) is 17.9. The summed E-state index contributed by atoms with van der Waals surface area (Å²) in [5.41, 5.74) is 5.48. The third kappa shape index (κ3) is 4.72. The van der Waals surface area contributed by atoms with E-state index >= 15 is 0 Å². The minimum Gasteiger partial charge on any atom is -0.308 e. The first kappa shape index (κ1) is 19.1. The summed E-state index contributed by atoms with van der Waals surface area (Å²) in [6.07, 6.45) is 6.87. The van der Waals surface area contributed by atoms with Crippen molar-refractivity contribution >= 4 is 0 Å². The minimum atomic E-state index is 0.354. The number of hydrogen-bond acceptors (Lipinski definition) is 3. The van der Waals surface area contributed by atoms with Crippen molar-refractivity contribution < 1.29 is 0 Å². The van der Waals surface area contributed by atoms with Crippen LogP contribution in [-0.2, 0) is 13.0 Å². The van der Waals surface area contributed by atoms with Gasteiger partial charge in [0.1, 0.15) is 0 Å². The van der Waals surface area contributed by atoms with Crippen molar-refractivity contribution in [3.05, 3.63) is 65.0 Å². The Bertz CT molecular complexity index is 697. The van der Waals surface area contributed by atoms with Gasteiger partial charge in [0, 0.05) is 31.4 Å². The second-order valence-corrected chi connectivity index (χ2v) is 7.63. The number of nitrogens with one attached hydrogen (secondary N) is 1. The van der Waals surface area contributed by atoms with Crippen LogP contribution in [-0.4, -0.2) is 29.0 Å². The number of fused-ring (bicyclic) bond motifs is 1. The van der Waals surface area contributed by atoms with Crippen molar-refractivity contribution in [3.63, 3.8) is 0 Å². The van der Waals surface area contributed by atoms with Crippen molar-refractivity contribution in [3.8, 4) is 0 Å². The predicted molar refractivity (Wildman–Crippen MR) is 109 cm³/mol. The molecule has 1 N–H and O–H groups in total. The zero-order valence-corrected chi connectivity index (χ0v) is 16.5. The molecule has 0 spiro atoms. The van der Waals surface area contributed by atoms with Gasteiger partial charge in [0.05, 0.1) is 5.69 Å². The van der Waals surface area contributed by atoms with Crippen LogP contribution in [0.2, 0.25) is 0 Å². The molecule has 1 aromatic heterocycles. The molecule has 0 aliphatic carbocycles. The summed E-state index contributed by atoms with van der Waals surface area (Å²) in [7, 11) is 0. The zero-order valence-electron chi connectivity index (χ0n) is 16.5. The molecule has 2 heterocycles. The predicted octanol–water partition coefficient (Wildman–Crippen LogP) is 4.66. The van der Waals surface area contributed by atoms with Gasteiger partial charge in [-0.3, -0.25) is 9.88 Å². The topological polar surface area (TPSA) is 28.2 Å². The van der Waals surface area contributed by atoms with Crippen molar-refractivity contribution in [2.75, 3.05) is 13.1 Å². The lowest BCUT2D eigenvalue weighted by molar-refractivity contribution is 0.176. The summed E-state index contributed by atoms with van der Waals surface area (Å²) >= 11 is 0. The highest BCUT2D eigenvalue weighted by Gasteiger charge is 2.24. The Morgan fingerprint density at radius 2 is 1.96 bits per heavy atom. The molecule has 2 aromatic rings. The number of pyridine rings is 1. The minimum absolute atomic E-state index is 0.354. The second kappa shape index (κ2) is 9.29. The van der Waals surface area contributed by atoms with Crippen molar-refractivity contribution in [2.24, 2.45) is 0 Å². The van der Waals surface area contributed by atoms with Gasteiger partial charge in [-0.1, -0.05) is 50.1 Å². The number of benzene rings is 1. The summed E-state index contributed by atoms with van der Waals surface area (Å²) < 4.78 is 0. The van der Waals surface area contributed by atoms with E-state index in [1.807, 2.05) is 12.3 Å². The number of nitrogens with zero attached hydrogens (tertiary/aromatic N) is 2. The van der Waals surface area contributed by atoms with Crippen molar-refractivity contribution in [1.82, 2.24) is 15.2 Å².